The lowest BCUT2D eigenvalue weighted by Gasteiger charge is -2.31. The van der Waals surface area contributed by atoms with Gasteiger partial charge in [-0.15, -0.1) is 0 Å². The molecule has 0 aromatic carbocycles. The lowest BCUT2D eigenvalue weighted by molar-refractivity contribution is -0.133. The fourth-order valence-corrected chi connectivity index (χ4v) is 2.65. The number of nitrogens with one attached hydrogen (secondary N) is 1. The standard InChI is InChI=1S/C16H33N3O/c1-4-5-6-7-8-9-15(2)18(3)14-16(20)19-12-10-17-11-13-19/h15,17H,4-14H2,1-3H3. The van der Waals surface area contributed by atoms with E-state index in [4.69, 9.17) is 0 Å². The fraction of sp³-hybridized carbons (Fsp3) is 0.938. The summed E-state index contributed by atoms with van der Waals surface area (Å²) in [5.74, 6) is 0.284. The third-order valence-corrected chi connectivity index (χ3v) is 4.33. The van der Waals surface area contributed by atoms with Crippen LogP contribution in [0.3, 0.4) is 0 Å². The summed E-state index contributed by atoms with van der Waals surface area (Å²) in [5.41, 5.74) is 0. The maximum atomic E-state index is 12.2. The quantitative estimate of drug-likeness (QED) is 0.658. The zero-order valence-corrected chi connectivity index (χ0v) is 13.7. The van der Waals surface area contributed by atoms with Crippen LogP contribution in [0.5, 0.6) is 0 Å². The van der Waals surface area contributed by atoms with E-state index in [0.29, 0.717) is 12.6 Å². The number of amides is 1. The van der Waals surface area contributed by atoms with Crippen molar-refractivity contribution in [3.8, 4) is 0 Å². The Labute approximate surface area is 124 Å². The van der Waals surface area contributed by atoms with Crippen LogP contribution in [-0.4, -0.2) is 61.5 Å². The van der Waals surface area contributed by atoms with Crippen molar-refractivity contribution in [1.29, 1.82) is 0 Å². The summed E-state index contributed by atoms with van der Waals surface area (Å²) in [6.45, 7) is 8.64. The van der Waals surface area contributed by atoms with Crippen molar-refractivity contribution in [3.05, 3.63) is 0 Å². The number of unbranched alkanes of at least 4 members (excludes halogenated alkanes) is 4. The van der Waals surface area contributed by atoms with Gasteiger partial charge >= 0.3 is 0 Å². The van der Waals surface area contributed by atoms with Gasteiger partial charge in [0.25, 0.3) is 0 Å². The van der Waals surface area contributed by atoms with Crippen LogP contribution in [0.1, 0.15) is 52.4 Å². The number of rotatable bonds is 9. The highest BCUT2D eigenvalue weighted by Crippen LogP contribution is 2.10. The molecule has 4 nitrogen and oxygen atoms in total. The molecule has 0 spiro atoms. The van der Waals surface area contributed by atoms with E-state index < -0.39 is 0 Å². The van der Waals surface area contributed by atoms with Crippen LogP contribution in [0.2, 0.25) is 0 Å². The average Bonchev–Trinajstić information content (AvgIpc) is 2.47. The maximum Gasteiger partial charge on any atom is 0.236 e. The van der Waals surface area contributed by atoms with Gasteiger partial charge in [-0.1, -0.05) is 39.0 Å². The molecular formula is C16H33N3O. The van der Waals surface area contributed by atoms with Gasteiger partial charge in [-0.05, 0) is 20.4 Å². The van der Waals surface area contributed by atoms with Gasteiger partial charge in [0.05, 0.1) is 6.54 Å². The summed E-state index contributed by atoms with van der Waals surface area (Å²) in [6.07, 6.45) is 7.83. The van der Waals surface area contributed by atoms with Crippen molar-refractivity contribution in [3.63, 3.8) is 0 Å². The molecule has 0 saturated carbocycles. The van der Waals surface area contributed by atoms with Crippen molar-refractivity contribution >= 4 is 5.91 Å². The molecule has 4 heteroatoms. The van der Waals surface area contributed by atoms with Gasteiger partial charge in [-0.25, -0.2) is 0 Å². The Morgan fingerprint density at radius 1 is 1.20 bits per heavy atom. The molecule has 118 valence electrons. The largest absolute Gasteiger partial charge is 0.339 e. The first kappa shape index (κ1) is 17.4. The first-order valence-electron chi connectivity index (χ1n) is 8.34. The summed E-state index contributed by atoms with van der Waals surface area (Å²) in [4.78, 5) is 16.4. The number of likely N-dealkylation sites (N-methyl/N-ethyl adjacent to an activating group) is 1. The van der Waals surface area contributed by atoms with E-state index in [1.807, 2.05) is 4.90 Å². The third-order valence-electron chi connectivity index (χ3n) is 4.33. The topological polar surface area (TPSA) is 35.6 Å². The molecule has 1 atom stereocenters. The minimum Gasteiger partial charge on any atom is -0.339 e. The van der Waals surface area contributed by atoms with Crippen LogP contribution in [0.15, 0.2) is 0 Å². The van der Waals surface area contributed by atoms with Gasteiger partial charge in [0.2, 0.25) is 5.91 Å². The molecule has 1 aliphatic rings. The molecule has 0 aromatic rings. The first-order chi connectivity index (χ1) is 9.65. The van der Waals surface area contributed by atoms with Crippen LogP contribution >= 0.6 is 0 Å². The fourth-order valence-electron chi connectivity index (χ4n) is 2.65. The Balaban J connectivity index is 2.16. The lowest BCUT2D eigenvalue weighted by atomic mass is 10.1. The Morgan fingerprint density at radius 2 is 1.85 bits per heavy atom. The highest BCUT2D eigenvalue weighted by Gasteiger charge is 2.19. The van der Waals surface area contributed by atoms with E-state index in [0.717, 1.165) is 26.2 Å². The van der Waals surface area contributed by atoms with E-state index in [-0.39, 0.29) is 5.91 Å². The molecule has 1 aliphatic heterocycles. The van der Waals surface area contributed by atoms with Gasteiger partial charge in [0.15, 0.2) is 0 Å². The van der Waals surface area contributed by atoms with Crippen LogP contribution in [-0.2, 0) is 4.79 Å². The van der Waals surface area contributed by atoms with Gasteiger partial charge in [0, 0.05) is 32.2 Å². The van der Waals surface area contributed by atoms with Gasteiger partial charge in [-0.2, -0.15) is 0 Å². The molecular weight excluding hydrogens is 250 g/mol. The van der Waals surface area contributed by atoms with E-state index in [9.17, 15) is 4.79 Å². The molecule has 0 aromatic heterocycles. The Bertz CT molecular complexity index is 264. The van der Waals surface area contributed by atoms with Crippen molar-refractivity contribution in [2.75, 3.05) is 39.8 Å². The zero-order valence-electron chi connectivity index (χ0n) is 13.7. The Hall–Kier alpha value is -0.610. The predicted octanol–water partition coefficient (Wildman–Crippen LogP) is 2.10. The molecule has 0 bridgehead atoms. The molecule has 0 aliphatic carbocycles. The molecule has 1 unspecified atom stereocenters. The summed E-state index contributed by atoms with van der Waals surface area (Å²) in [5, 5.41) is 3.28. The van der Waals surface area contributed by atoms with Gasteiger partial charge in [-0.3, -0.25) is 9.69 Å². The average molecular weight is 283 g/mol. The van der Waals surface area contributed by atoms with Gasteiger partial charge in [0.1, 0.15) is 0 Å². The van der Waals surface area contributed by atoms with E-state index >= 15 is 0 Å². The second kappa shape index (κ2) is 10.2. The number of hydrogen-bond donors (Lipinski definition) is 1. The SMILES string of the molecule is CCCCCCCC(C)N(C)CC(=O)N1CCNCC1. The number of hydrogen-bond acceptors (Lipinski definition) is 3. The maximum absolute atomic E-state index is 12.2. The lowest BCUT2D eigenvalue weighted by Crippen LogP contribution is -2.50. The molecule has 1 fully saturated rings. The summed E-state index contributed by atoms with van der Waals surface area (Å²) >= 11 is 0. The van der Waals surface area contributed by atoms with Crippen LogP contribution in [0.25, 0.3) is 0 Å². The van der Waals surface area contributed by atoms with Crippen LogP contribution in [0.4, 0.5) is 0 Å². The van der Waals surface area contributed by atoms with E-state index in [1.165, 1.54) is 38.5 Å². The third kappa shape index (κ3) is 6.71. The molecule has 1 amide bonds. The van der Waals surface area contributed by atoms with Crippen LogP contribution in [0, 0.1) is 0 Å². The summed E-state index contributed by atoms with van der Waals surface area (Å²) < 4.78 is 0. The number of piperazine rings is 1. The number of carbonyl (C=O) groups is 1. The Kier molecular flexibility index (Phi) is 8.86. The Morgan fingerprint density at radius 3 is 2.50 bits per heavy atom. The van der Waals surface area contributed by atoms with Gasteiger partial charge < -0.3 is 10.2 Å². The number of carbonyl (C=O) groups excluding carboxylic acids is 1. The highest BCUT2D eigenvalue weighted by molar-refractivity contribution is 5.78. The van der Waals surface area contributed by atoms with E-state index in [2.05, 4.69) is 31.1 Å². The minimum absolute atomic E-state index is 0.284. The van der Waals surface area contributed by atoms with E-state index in [1.54, 1.807) is 0 Å². The monoisotopic (exact) mass is 283 g/mol. The predicted molar refractivity (Wildman–Crippen MR) is 84.9 cm³/mol. The van der Waals surface area contributed by atoms with Crippen molar-refractivity contribution in [2.45, 2.75) is 58.4 Å². The zero-order chi connectivity index (χ0) is 14.8. The molecule has 20 heavy (non-hydrogen) atoms. The molecule has 1 saturated heterocycles. The second-order valence-corrected chi connectivity index (χ2v) is 6.10. The first-order valence-corrected chi connectivity index (χ1v) is 8.34. The summed E-state index contributed by atoms with van der Waals surface area (Å²) in [7, 11) is 2.08. The second-order valence-electron chi connectivity index (χ2n) is 6.10. The molecule has 1 heterocycles. The van der Waals surface area contributed by atoms with Crippen molar-refractivity contribution in [1.82, 2.24) is 15.1 Å². The molecule has 0 radical (unpaired) electrons. The highest BCUT2D eigenvalue weighted by atomic mass is 16.2. The molecule has 1 rings (SSSR count). The smallest absolute Gasteiger partial charge is 0.236 e. The normalized spacial score (nSPS) is 17.5. The minimum atomic E-state index is 0.284. The van der Waals surface area contributed by atoms with Crippen molar-refractivity contribution < 1.29 is 4.79 Å². The summed E-state index contributed by atoms with van der Waals surface area (Å²) in [6, 6.07) is 0.503. The van der Waals surface area contributed by atoms with Crippen LogP contribution < -0.4 is 5.32 Å². The van der Waals surface area contributed by atoms with Crippen molar-refractivity contribution in [2.24, 2.45) is 0 Å². The number of nitrogens with zero attached hydrogens (tertiary/aromatic N) is 2. The molecule has 1 N–H and O–H groups in total.